The standard InChI is InChI=1S/C13H10ClN3O/c1-8-4-5-11(9(14)7-8)17-12-10(16-13(17)18)3-2-6-15-12/h2-7H,1H3,(H,16,18). The summed E-state index contributed by atoms with van der Waals surface area (Å²) < 4.78 is 1.48. The van der Waals surface area contributed by atoms with Gasteiger partial charge in [0.15, 0.2) is 5.65 Å². The second kappa shape index (κ2) is 3.99. The van der Waals surface area contributed by atoms with Crippen molar-refractivity contribution in [3.63, 3.8) is 0 Å². The summed E-state index contributed by atoms with van der Waals surface area (Å²) in [6.07, 6.45) is 1.65. The highest BCUT2D eigenvalue weighted by Gasteiger charge is 2.11. The summed E-state index contributed by atoms with van der Waals surface area (Å²) in [6, 6.07) is 9.14. The van der Waals surface area contributed by atoms with Gasteiger partial charge in [-0.25, -0.2) is 14.3 Å². The van der Waals surface area contributed by atoms with E-state index in [1.807, 2.05) is 31.2 Å². The molecular weight excluding hydrogens is 250 g/mol. The monoisotopic (exact) mass is 259 g/mol. The lowest BCUT2D eigenvalue weighted by molar-refractivity contribution is 0.999. The van der Waals surface area contributed by atoms with Gasteiger partial charge < -0.3 is 4.98 Å². The van der Waals surface area contributed by atoms with Crippen molar-refractivity contribution >= 4 is 22.8 Å². The molecular formula is C13H10ClN3O. The quantitative estimate of drug-likeness (QED) is 0.730. The number of rotatable bonds is 1. The van der Waals surface area contributed by atoms with Gasteiger partial charge in [0.25, 0.3) is 0 Å². The highest BCUT2D eigenvalue weighted by atomic mass is 35.5. The Bertz CT molecular complexity index is 788. The Kier molecular flexibility index (Phi) is 2.45. The minimum absolute atomic E-state index is 0.241. The zero-order chi connectivity index (χ0) is 12.7. The highest BCUT2D eigenvalue weighted by molar-refractivity contribution is 6.32. The molecule has 0 fully saturated rings. The Labute approximate surface area is 108 Å². The third-order valence-electron chi connectivity index (χ3n) is 2.79. The van der Waals surface area contributed by atoms with E-state index < -0.39 is 0 Å². The number of fused-ring (bicyclic) bond motifs is 1. The Morgan fingerprint density at radius 3 is 2.94 bits per heavy atom. The summed E-state index contributed by atoms with van der Waals surface area (Å²) in [7, 11) is 0. The number of nitrogens with one attached hydrogen (secondary N) is 1. The van der Waals surface area contributed by atoms with Gasteiger partial charge in [0, 0.05) is 6.20 Å². The number of H-pyrrole nitrogens is 1. The van der Waals surface area contributed by atoms with Gasteiger partial charge in [-0.15, -0.1) is 0 Å². The molecule has 0 saturated carbocycles. The molecule has 0 bridgehead atoms. The minimum Gasteiger partial charge on any atom is -0.304 e. The molecule has 18 heavy (non-hydrogen) atoms. The average Bonchev–Trinajstić information content (AvgIpc) is 2.66. The second-order valence-electron chi connectivity index (χ2n) is 4.09. The van der Waals surface area contributed by atoms with Crippen LogP contribution in [0.15, 0.2) is 41.3 Å². The molecule has 0 aliphatic heterocycles. The van der Waals surface area contributed by atoms with Crippen LogP contribution in [-0.2, 0) is 0 Å². The van der Waals surface area contributed by atoms with Crippen LogP contribution in [0.4, 0.5) is 0 Å². The molecule has 5 heteroatoms. The van der Waals surface area contributed by atoms with Gasteiger partial charge in [-0.2, -0.15) is 0 Å². The number of aryl methyl sites for hydroxylation is 1. The topological polar surface area (TPSA) is 50.7 Å². The molecule has 0 aliphatic rings. The van der Waals surface area contributed by atoms with Gasteiger partial charge in [-0.05, 0) is 36.8 Å². The maximum atomic E-state index is 12.0. The number of imidazole rings is 1. The largest absolute Gasteiger partial charge is 0.332 e. The van der Waals surface area contributed by atoms with E-state index in [0.717, 1.165) is 5.56 Å². The second-order valence-corrected chi connectivity index (χ2v) is 4.50. The third kappa shape index (κ3) is 1.62. The average molecular weight is 260 g/mol. The molecule has 0 amide bonds. The Morgan fingerprint density at radius 1 is 1.33 bits per heavy atom. The van der Waals surface area contributed by atoms with Crippen LogP contribution in [0.2, 0.25) is 5.02 Å². The Morgan fingerprint density at radius 2 is 2.17 bits per heavy atom. The lowest BCUT2D eigenvalue weighted by Gasteiger charge is -2.05. The summed E-state index contributed by atoms with van der Waals surface area (Å²) in [5, 5.41) is 0.531. The van der Waals surface area contributed by atoms with E-state index in [4.69, 9.17) is 11.6 Å². The summed E-state index contributed by atoms with van der Waals surface area (Å²) in [6.45, 7) is 1.95. The molecule has 0 spiro atoms. The van der Waals surface area contributed by atoms with Gasteiger partial charge in [0.05, 0.1) is 16.2 Å². The first-order chi connectivity index (χ1) is 8.66. The molecule has 2 heterocycles. The van der Waals surface area contributed by atoms with Crippen LogP contribution in [0.5, 0.6) is 0 Å². The SMILES string of the molecule is Cc1ccc(-n2c(=O)[nH]c3cccnc32)c(Cl)c1. The van der Waals surface area contributed by atoms with E-state index in [-0.39, 0.29) is 5.69 Å². The molecule has 90 valence electrons. The van der Waals surface area contributed by atoms with Gasteiger partial charge in [0.1, 0.15) is 0 Å². The first-order valence-electron chi connectivity index (χ1n) is 5.49. The predicted molar refractivity (Wildman–Crippen MR) is 71.4 cm³/mol. The van der Waals surface area contributed by atoms with Crippen molar-refractivity contribution in [3.05, 3.63) is 57.6 Å². The maximum absolute atomic E-state index is 12.0. The van der Waals surface area contributed by atoms with Crippen molar-refractivity contribution in [2.45, 2.75) is 6.92 Å². The van der Waals surface area contributed by atoms with Crippen molar-refractivity contribution < 1.29 is 0 Å². The molecule has 0 aliphatic carbocycles. The van der Waals surface area contributed by atoms with Crippen molar-refractivity contribution in [2.75, 3.05) is 0 Å². The van der Waals surface area contributed by atoms with Crippen molar-refractivity contribution in [2.24, 2.45) is 0 Å². The minimum atomic E-state index is -0.241. The van der Waals surface area contributed by atoms with Crippen molar-refractivity contribution in [1.82, 2.24) is 14.5 Å². The smallest absolute Gasteiger partial charge is 0.304 e. The first kappa shape index (κ1) is 11.0. The van der Waals surface area contributed by atoms with Crippen molar-refractivity contribution in [3.8, 4) is 5.69 Å². The molecule has 0 radical (unpaired) electrons. The fourth-order valence-corrected chi connectivity index (χ4v) is 2.28. The fraction of sp³-hybridized carbons (Fsp3) is 0.0769. The van der Waals surface area contributed by atoms with E-state index in [0.29, 0.717) is 21.9 Å². The van der Waals surface area contributed by atoms with Gasteiger partial charge in [0.2, 0.25) is 0 Å². The van der Waals surface area contributed by atoms with Crippen LogP contribution < -0.4 is 5.69 Å². The molecule has 0 atom stereocenters. The zero-order valence-corrected chi connectivity index (χ0v) is 10.4. The van der Waals surface area contributed by atoms with Crippen LogP contribution in [0, 0.1) is 6.92 Å². The molecule has 0 saturated heterocycles. The summed E-state index contributed by atoms with van der Waals surface area (Å²) in [4.78, 5) is 19.0. The zero-order valence-electron chi connectivity index (χ0n) is 9.64. The molecule has 2 aromatic heterocycles. The molecule has 1 N–H and O–H groups in total. The van der Waals surface area contributed by atoms with E-state index in [9.17, 15) is 4.79 Å². The predicted octanol–water partition coefficient (Wildman–Crippen LogP) is 2.68. The summed E-state index contributed by atoms with van der Waals surface area (Å²) >= 11 is 6.19. The number of benzene rings is 1. The lowest BCUT2D eigenvalue weighted by atomic mass is 10.2. The molecule has 0 unspecified atom stereocenters. The molecule has 3 aromatic rings. The summed E-state index contributed by atoms with van der Waals surface area (Å²) in [5.41, 5.74) is 2.71. The number of pyridine rings is 1. The number of aromatic nitrogens is 3. The molecule has 3 rings (SSSR count). The number of halogens is 1. The Hall–Kier alpha value is -2.07. The first-order valence-corrected chi connectivity index (χ1v) is 5.87. The molecule has 1 aromatic carbocycles. The van der Waals surface area contributed by atoms with E-state index in [1.165, 1.54) is 4.57 Å². The van der Waals surface area contributed by atoms with E-state index >= 15 is 0 Å². The van der Waals surface area contributed by atoms with Gasteiger partial charge in [-0.3, -0.25) is 0 Å². The van der Waals surface area contributed by atoms with Crippen molar-refractivity contribution in [1.29, 1.82) is 0 Å². The van der Waals surface area contributed by atoms with Crippen LogP contribution >= 0.6 is 11.6 Å². The van der Waals surface area contributed by atoms with Crippen LogP contribution in [-0.4, -0.2) is 14.5 Å². The van der Waals surface area contributed by atoms with Crippen LogP contribution in [0.1, 0.15) is 5.56 Å². The highest BCUT2D eigenvalue weighted by Crippen LogP contribution is 2.22. The van der Waals surface area contributed by atoms with Gasteiger partial charge in [-0.1, -0.05) is 17.7 Å². The number of hydrogen-bond donors (Lipinski definition) is 1. The fourth-order valence-electron chi connectivity index (χ4n) is 1.96. The number of aromatic amines is 1. The third-order valence-corrected chi connectivity index (χ3v) is 3.09. The number of nitrogens with zero attached hydrogens (tertiary/aromatic N) is 2. The Balaban J connectivity index is 2.38. The normalized spacial score (nSPS) is 11.0. The summed E-state index contributed by atoms with van der Waals surface area (Å²) in [5.74, 6) is 0. The number of hydrogen-bond acceptors (Lipinski definition) is 2. The molecule has 4 nitrogen and oxygen atoms in total. The van der Waals surface area contributed by atoms with E-state index in [2.05, 4.69) is 9.97 Å². The maximum Gasteiger partial charge on any atom is 0.332 e. The van der Waals surface area contributed by atoms with Gasteiger partial charge >= 0.3 is 5.69 Å². The lowest BCUT2D eigenvalue weighted by Crippen LogP contribution is -2.15. The van der Waals surface area contributed by atoms with Crippen LogP contribution in [0.25, 0.3) is 16.9 Å². The van der Waals surface area contributed by atoms with Crippen LogP contribution in [0.3, 0.4) is 0 Å². The van der Waals surface area contributed by atoms with E-state index in [1.54, 1.807) is 12.3 Å².